The Bertz CT molecular complexity index is 228. The maximum Gasteiger partial charge on any atom is 0.508 e. The summed E-state index contributed by atoms with van der Waals surface area (Å²) in [6.45, 7) is 2.72. The zero-order chi connectivity index (χ0) is 13.8. The van der Waals surface area contributed by atoms with Gasteiger partial charge in [0.15, 0.2) is 0 Å². The van der Waals surface area contributed by atoms with Gasteiger partial charge in [0.2, 0.25) is 0 Å². The lowest BCUT2D eigenvalue weighted by atomic mass is 10.0. The van der Waals surface area contributed by atoms with E-state index in [0.717, 1.165) is 12.8 Å². The van der Waals surface area contributed by atoms with E-state index in [0.29, 0.717) is 6.61 Å². The first-order chi connectivity index (χ1) is 9.33. The Balaban J connectivity index is 1.73. The van der Waals surface area contributed by atoms with Crippen LogP contribution in [0.15, 0.2) is 0 Å². The summed E-state index contributed by atoms with van der Waals surface area (Å²) in [5, 5.41) is 0. The van der Waals surface area contributed by atoms with E-state index < -0.39 is 6.16 Å². The molecule has 0 bridgehead atoms. The third kappa shape index (κ3) is 8.90. The number of cyclic esters (lactones) is 2. The summed E-state index contributed by atoms with van der Waals surface area (Å²) in [6.07, 6.45) is 15.3. The molecule has 1 saturated heterocycles. The fourth-order valence-corrected chi connectivity index (χ4v) is 2.54. The highest BCUT2D eigenvalue weighted by atomic mass is 16.8. The number of ether oxygens (including phenoxy) is 2. The van der Waals surface area contributed by atoms with Gasteiger partial charge in [0, 0.05) is 0 Å². The standard InChI is InChI=1S/C16H30O3/c1-2-3-4-5-6-7-8-9-10-11-12-13-15-14-18-16(17)19-15/h15H,2-14H2,1H3. The summed E-state index contributed by atoms with van der Waals surface area (Å²) in [5.74, 6) is 0. The van der Waals surface area contributed by atoms with E-state index in [1.165, 1.54) is 64.2 Å². The van der Waals surface area contributed by atoms with Crippen molar-refractivity contribution < 1.29 is 14.3 Å². The Hall–Kier alpha value is -0.730. The van der Waals surface area contributed by atoms with Gasteiger partial charge in [-0.2, -0.15) is 0 Å². The highest BCUT2D eigenvalue weighted by Crippen LogP contribution is 2.16. The van der Waals surface area contributed by atoms with Crippen LogP contribution in [0, 0.1) is 0 Å². The van der Waals surface area contributed by atoms with Crippen LogP contribution in [0.1, 0.15) is 84.0 Å². The lowest BCUT2D eigenvalue weighted by Crippen LogP contribution is -2.09. The average molecular weight is 270 g/mol. The molecule has 0 aliphatic carbocycles. The molecule has 1 atom stereocenters. The van der Waals surface area contributed by atoms with Crippen LogP contribution in [-0.4, -0.2) is 18.9 Å². The molecule has 0 N–H and O–H groups in total. The molecule has 19 heavy (non-hydrogen) atoms. The Morgan fingerprint density at radius 3 is 1.89 bits per heavy atom. The summed E-state index contributed by atoms with van der Waals surface area (Å²) < 4.78 is 9.75. The molecule has 1 heterocycles. The van der Waals surface area contributed by atoms with Crippen molar-refractivity contribution in [3.8, 4) is 0 Å². The smallest absolute Gasteiger partial charge is 0.430 e. The summed E-state index contributed by atoms with van der Waals surface area (Å²) in [4.78, 5) is 10.7. The van der Waals surface area contributed by atoms with E-state index in [9.17, 15) is 4.79 Å². The van der Waals surface area contributed by atoms with E-state index in [-0.39, 0.29) is 6.10 Å². The SMILES string of the molecule is CCCCCCCCCCCCCC1COC(=O)O1. The molecule has 0 aromatic rings. The molecular formula is C16H30O3. The Kier molecular flexibility index (Phi) is 9.56. The fraction of sp³-hybridized carbons (Fsp3) is 0.938. The zero-order valence-corrected chi connectivity index (χ0v) is 12.5. The van der Waals surface area contributed by atoms with Gasteiger partial charge in [-0.15, -0.1) is 0 Å². The zero-order valence-electron chi connectivity index (χ0n) is 12.5. The summed E-state index contributed by atoms with van der Waals surface area (Å²) in [7, 11) is 0. The van der Waals surface area contributed by atoms with Crippen LogP contribution in [0.2, 0.25) is 0 Å². The van der Waals surface area contributed by atoms with Crippen LogP contribution in [0.5, 0.6) is 0 Å². The van der Waals surface area contributed by atoms with Crippen molar-refractivity contribution in [1.82, 2.24) is 0 Å². The minimum absolute atomic E-state index is 0.0195. The molecule has 0 spiro atoms. The topological polar surface area (TPSA) is 35.5 Å². The molecule has 112 valence electrons. The second-order valence-corrected chi connectivity index (χ2v) is 5.63. The molecule has 3 heteroatoms. The molecule has 1 rings (SSSR count). The van der Waals surface area contributed by atoms with Crippen LogP contribution in [0.25, 0.3) is 0 Å². The first-order valence-electron chi connectivity index (χ1n) is 8.16. The number of hydrogen-bond donors (Lipinski definition) is 0. The van der Waals surface area contributed by atoms with Gasteiger partial charge in [-0.3, -0.25) is 0 Å². The van der Waals surface area contributed by atoms with E-state index in [1.807, 2.05) is 0 Å². The first-order valence-corrected chi connectivity index (χ1v) is 8.16. The highest BCUT2D eigenvalue weighted by molar-refractivity contribution is 5.61. The Labute approximate surface area is 118 Å². The number of rotatable bonds is 12. The van der Waals surface area contributed by atoms with Crippen LogP contribution < -0.4 is 0 Å². The second-order valence-electron chi connectivity index (χ2n) is 5.63. The van der Waals surface area contributed by atoms with Crippen molar-refractivity contribution in [3.05, 3.63) is 0 Å². The molecular weight excluding hydrogens is 240 g/mol. The summed E-state index contributed by atoms with van der Waals surface area (Å²) >= 11 is 0. The summed E-state index contributed by atoms with van der Waals surface area (Å²) in [6, 6.07) is 0. The van der Waals surface area contributed by atoms with Gasteiger partial charge in [0.25, 0.3) is 0 Å². The highest BCUT2D eigenvalue weighted by Gasteiger charge is 2.23. The first kappa shape index (κ1) is 16.3. The van der Waals surface area contributed by atoms with Crippen molar-refractivity contribution in [2.45, 2.75) is 90.1 Å². The van der Waals surface area contributed by atoms with Crippen molar-refractivity contribution in [2.24, 2.45) is 0 Å². The molecule has 0 aromatic heterocycles. The number of hydrogen-bond acceptors (Lipinski definition) is 3. The molecule has 0 amide bonds. The van der Waals surface area contributed by atoms with Gasteiger partial charge >= 0.3 is 6.16 Å². The molecule has 1 unspecified atom stereocenters. The summed E-state index contributed by atoms with van der Waals surface area (Å²) in [5.41, 5.74) is 0. The minimum Gasteiger partial charge on any atom is -0.430 e. The lowest BCUT2D eigenvalue weighted by molar-refractivity contribution is 0.115. The quantitative estimate of drug-likeness (QED) is 0.360. The van der Waals surface area contributed by atoms with E-state index in [2.05, 4.69) is 6.92 Å². The molecule has 1 aliphatic heterocycles. The van der Waals surface area contributed by atoms with E-state index in [4.69, 9.17) is 9.47 Å². The minimum atomic E-state index is -0.493. The Morgan fingerprint density at radius 2 is 1.42 bits per heavy atom. The van der Waals surface area contributed by atoms with Crippen molar-refractivity contribution in [3.63, 3.8) is 0 Å². The lowest BCUT2D eigenvalue weighted by Gasteiger charge is -2.05. The second kappa shape index (κ2) is 11.1. The number of unbranched alkanes of at least 4 members (excludes halogenated alkanes) is 10. The molecule has 0 radical (unpaired) electrons. The largest absolute Gasteiger partial charge is 0.508 e. The maximum atomic E-state index is 10.7. The average Bonchev–Trinajstić information content (AvgIpc) is 2.82. The maximum absolute atomic E-state index is 10.7. The van der Waals surface area contributed by atoms with Crippen LogP contribution >= 0.6 is 0 Å². The van der Waals surface area contributed by atoms with Gasteiger partial charge in [-0.25, -0.2) is 4.79 Å². The van der Waals surface area contributed by atoms with Crippen LogP contribution in [0.3, 0.4) is 0 Å². The van der Waals surface area contributed by atoms with Crippen molar-refractivity contribution in [2.75, 3.05) is 6.61 Å². The normalized spacial score (nSPS) is 18.4. The van der Waals surface area contributed by atoms with Gasteiger partial charge in [-0.1, -0.05) is 71.1 Å². The van der Waals surface area contributed by atoms with Crippen LogP contribution in [0.4, 0.5) is 4.79 Å². The third-order valence-electron chi connectivity index (χ3n) is 3.78. The van der Waals surface area contributed by atoms with Crippen molar-refractivity contribution in [1.29, 1.82) is 0 Å². The molecule has 1 aliphatic rings. The fourth-order valence-electron chi connectivity index (χ4n) is 2.54. The monoisotopic (exact) mass is 270 g/mol. The van der Waals surface area contributed by atoms with Gasteiger partial charge in [0.05, 0.1) is 0 Å². The van der Waals surface area contributed by atoms with E-state index in [1.54, 1.807) is 0 Å². The third-order valence-corrected chi connectivity index (χ3v) is 3.78. The molecule has 3 nitrogen and oxygen atoms in total. The van der Waals surface area contributed by atoms with Gasteiger partial charge < -0.3 is 9.47 Å². The van der Waals surface area contributed by atoms with E-state index >= 15 is 0 Å². The predicted octanol–water partition coefficient (Wildman–Crippen LogP) is 5.22. The van der Waals surface area contributed by atoms with Gasteiger partial charge in [0.1, 0.15) is 12.7 Å². The Morgan fingerprint density at radius 1 is 0.895 bits per heavy atom. The molecule has 1 fully saturated rings. The number of carbonyl (C=O) groups excluding carboxylic acids is 1. The predicted molar refractivity (Wildman–Crippen MR) is 77.3 cm³/mol. The molecule has 0 aromatic carbocycles. The number of carbonyl (C=O) groups is 1. The van der Waals surface area contributed by atoms with Crippen molar-refractivity contribution >= 4 is 6.16 Å². The molecule has 0 saturated carbocycles. The van der Waals surface area contributed by atoms with Gasteiger partial charge in [-0.05, 0) is 12.8 Å². The van der Waals surface area contributed by atoms with Crippen LogP contribution in [-0.2, 0) is 9.47 Å².